The lowest BCUT2D eigenvalue weighted by Crippen LogP contribution is -2.67. The van der Waals surface area contributed by atoms with Crippen LogP contribution in [0.2, 0.25) is 0 Å². The van der Waals surface area contributed by atoms with Crippen molar-refractivity contribution in [3.63, 3.8) is 0 Å². The summed E-state index contributed by atoms with van der Waals surface area (Å²) >= 11 is 0. The van der Waals surface area contributed by atoms with Crippen molar-refractivity contribution < 1.29 is 69.0 Å². The number of carbonyl (C=O) groups is 2. The maximum atomic E-state index is 13.1. The zero-order valence-corrected chi connectivity index (χ0v) is 34.9. The highest BCUT2D eigenvalue weighted by Crippen LogP contribution is 2.76. The first kappa shape index (κ1) is 43.4. The Balaban J connectivity index is 1.16. The number of rotatable bonds is 7. The summed E-state index contributed by atoms with van der Waals surface area (Å²) in [4.78, 5) is 25.9. The fraction of sp³-hybridized carbons (Fsp3) is 0.907. The van der Waals surface area contributed by atoms with Gasteiger partial charge in [-0.1, -0.05) is 60.1 Å². The minimum Gasteiger partial charge on any atom is -0.481 e. The highest BCUT2D eigenvalue weighted by molar-refractivity contribution is 5.77. The van der Waals surface area contributed by atoms with Crippen molar-refractivity contribution in [2.24, 2.45) is 50.2 Å². The van der Waals surface area contributed by atoms with Crippen molar-refractivity contribution in [3.8, 4) is 0 Å². The van der Waals surface area contributed by atoms with E-state index in [2.05, 4.69) is 54.5 Å². The Bertz CT molecular complexity index is 1580. The number of esters is 1. The number of aliphatic hydroxyl groups is 6. The molecule has 0 spiro atoms. The quantitative estimate of drug-likeness (QED) is 0.112. The zero-order chi connectivity index (χ0) is 41.8. The molecule has 2 heterocycles. The van der Waals surface area contributed by atoms with E-state index in [0.717, 1.165) is 58.5 Å². The fourth-order valence-electron chi connectivity index (χ4n) is 13.7. The third-order valence-corrected chi connectivity index (χ3v) is 17.4. The normalized spacial score (nSPS) is 51.6. The average molecular weight is 809 g/mol. The van der Waals surface area contributed by atoms with E-state index in [1.54, 1.807) is 0 Å². The van der Waals surface area contributed by atoms with Gasteiger partial charge >= 0.3 is 11.9 Å². The van der Waals surface area contributed by atoms with E-state index in [-0.39, 0.29) is 33.5 Å². The largest absolute Gasteiger partial charge is 0.481 e. The predicted molar refractivity (Wildman–Crippen MR) is 203 cm³/mol. The smallest absolute Gasteiger partial charge is 0.337 e. The molecule has 0 aromatic carbocycles. The molecular weight excluding hydrogens is 740 g/mol. The van der Waals surface area contributed by atoms with E-state index >= 15 is 0 Å². The third-order valence-electron chi connectivity index (χ3n) is 17.4. The summed E-state index contributed by atoms with van der Waals surface area (Å²) < 4.78 is 29.3. The number of allylic oxidation sites excluding steroid dienone is 2. The number of carboxylic acids is 1. The van der Waals surface area contributed by atoms with Gasteiger partial charge in [0.1, 0.15) is 42.7 Å². The van der Waals surface area contributed by atoms with Gasteiger partial charge in [-0.15, -0.1) is 0 Å². The molecule has 0 aromatic heterocycles. The van der Waals surface area contributed by atoms with Crippen molar-refractivity contribution in [2.75, 3.05) is 13.7 Å². The number of fused-ring (bicyclic) bond motifs is 7. The Kier molecular flexibility index (Phi) is 11.2. The van der Waals surface area contributed by atoms with Crippen LogP contribution in [0.25, 0.3) is 0 Å². The molecule has 14 heteroatoms. The van der Waals surface area contributed by atoms with Crippen molar-refractivity contribution >= 4 is 11.9 Å². The number of hydrogen-bond donors (Lipinski definition) is 7. The number of hydrogen-bond acceptors (Lipinski definition) is 13. The third kappa shape index (κ3) is 6.48. The second-order valence-corrected chi connectivity index (χ2v) is 20.9. The topological polar surface area (TPSA) is 222 Å². The van der Waals surface area contributed by atoms with E-state index in [1.807, 2.05) is 0 Å². The minimum atomic E-state index is -1.81. The zero-order valence-electron chi connectivity index (χ0n) is 34.9. The first-order chi connectivity index (χ1) is 26.5. The average Bonchev–Trinajstić information content (AvgIpc) is 3.15. The molecule has 0 unspecified atom stereocenters. The highest BCUT2D eigenvalue weighted by Gasteiger charge is 2.70. The Hall–Kier alpha value is -1.72. The van der Waals surface area contributed by atoms with Crippen LogP contribution >= 0.6 is 0 Å². The predicted octanol–water partition coefficient (Wildman–Crippen LogP) is 3.06. The Morgan fingerprint density at radius 1 is 0.772 bits per heavy atom. The Labute approximate surface area is 336 Å². The molecule has 14 nitrogen and oxygen atoms in total. The summed E-state index contributed by atoms with van der Waals surface area (Å²) in [6.45, 7) is 15.6. The molecule has 2 aliphatic heterocycles. The molecule has 0 bridgehead atoms. The summed E-state index contributed by atoms with van der Waals surface area (Å²) in [5.74, 6) is -1.02. The van der Waals surface area contributed by atoms with Crippen molar-refractivity contribution in [1.29, 1.82) is 0 Å². The van der Waals surface area contributed by atoms with Gasteiger partial charge in [0.2, 0.25) is 0 Å². The van der Waals surface area contributed by atoms with Gasteiger partial charge in [-0.05, 0) is 109 Å². The lowest BCUT2D eigenvalue weighted by Gasteiger charge is -2.71. The SMILES string of the molecule is COC(=O)[C@H]1O[C@@H](O[C@H]2CC[C@]3(C)[C@H]4CC=C5[C@@H]6CC(C)(C)CC[C@]6(C(=O)O)CC[C@@]5(C)[C@]4(C)CC[C@H]3C2(C)C)[C@H](O[C@@H]2O[C@H](CO)[C@H](O)[C@H](O)[C@H]2O)[C@@H](O)[C@@H]1O. The van der Waals surface area contributed by atoms with Crippen LogP contribution in [0.3, 0.4) is 0 Å². The molecule has 0 amide bonds. The van der Waals surface area contributed by atoms with E-state index in [1.165, 1.54) is 5.57 Å². The summed E-state index contributed by atoms with van der Waals surface area (Å²) in [6, 6.07) is 0. The fourth-order valence-corrected chi connectivity index (χ4v) is 13.7. The molecule has 6 fully saturated rings. The van der Waals surface area contributed by atoms with Gasteiger partial charge in [0.25, 0.3) is 0 Å². The highest BCUT2D eigenvalue weighted by atomic mass is 16.8. The summed E-state index contributed by atoms with van der Waals surface area (Å²) in [6.07, 6.45) is -6.09. The van der Waals surface area contributed by atoms with E-state index in [4.69, 9.17) is 23.7 Å². The minimum absolute atomic E-state index is 0.0257. The Morgan fingerprint density at radius 3 is 2.11 bits per heavy atom. The molecular formula is C43H68O14. The van der Waals surface area contributed by atoms with E-state index < -0.39 is 96.9 Å². The van der Waals surface area contributed by atoms with Crippen LogP contribution in [0.4, 0.5) is 0 Å². The molecule has 0 radical (unpaired) electrons. The molecule has 0 aromatic rings. The van der Waals surface area contributed by atoms with Crippen molar-refractivity contribution in [2.45, 2.75) is 180 Å². The summed E-state index contributed by atoms with van der Waals surface area (Å²) in [5.41, 5.74) is 0.00600. The van der Waals surface area contributed by atoms with E-state index in [9.17, 15) is 45.3 Å². The molecule has 2 saturated heterocycles. The number of carboxylic acid groups (broad SMARTS) is 1. The second-order valence-electron chi connectivity index (χ2n) is 20.9. The number of carbonyl (C=O) groups excluding carboxylic acids is 1. The van der Waals surface area contributed by atoms with E-state index in [0.29, 0.717) is 18.8 Å². The van der Waals surface area contributed by atoms with Crippen LogP contribution in [0.5, 0.6) is 0 Å². The number of aliphatic hydroxyl groups excluding tert-OH is 6. The van der Waals surface area contributed by atoms with Gasteiger partial charge in [0, 0.05) is 0 Å². The monoisotopic (exact) mass is 808 g/mol. The Morgan fingerprint density at radius 2 is 1.46 bits per heavy atom. The molecule has 4 saturated carbocycles. The van der Waals surface area contributed by atoms with Gasteiger partial charge in [-0.25, -0.2) is 4.79 Å². The first-order valence-corrected chi connectivity index (χ1v) is 21.2. The van der Waals surface area contributed by atoms with Gasteiger partial charge in [0.15, 0.2) is 18.7 Å². The molecule has 7 aliphatic rings. The van der Waals surface area contributed by atoms with Gasteiger partial charge in [-0.2, -0.15) is 0 Å². The molecule has 7 N–H and O–H groups in total. The van der Waals surface area contributed by atoms with Gasteiger partial charge in [0.05, 0.1) is 25.2 Å². The van der Waals surface area contributed by atoms with Crippen molar-refractivity contribution in [1.82, 2.24) is 0 Å². The van der Waals surface area contributed by atoms with Crippen LogP contribution in [-0.4, -0.2) is 129 Å². The van der Waals surface area contributed by atoms with Crippen LogP contribution in [-0.2, 0) is 33.3 Å². The van der Waals surface area contributed by atoms with Crippen LogP contribution in [0, 0.1) is 50.2 Å². The molecule has 18 atom stereocenters. The summed E-state index contributed by atoms with van der Waals surface area (Å²) in [7, 11) is 1.13. The maximum Gasteiger partial charge on any atom is 0.337 e. The maximum absolute atomic E-state index is 13.1. The molecule has 7 rings (SSSR count). The number of ether oxygens (including phenoxy) is 5. The molecule has 5 aliphatic carbocycles. The lowest BCUT2D eigenvalue weighted by atomic mass is 9.33. The second kappa shape index (κ2) is 14.7. The van der Waals surface area contributed by atoms with Crippen LogP contribution in [0.15, 0.2) is 11.6 Å². The van der Waals surface area contributed by atoms with Crippen LogP contribution < -0.4 is 0 Å². The summed E-state index contributed by atoms with van der Waals surface area (Å²) in [5, 5.41) is 74.5. The number of aliphatic carboxylic acids is 1. The standard InChI is InChI=1S/C43H68O14/c1-38(2)15-17-43(37(51)52)18-16-41(6)21(22(43)19-38)9-10-25-40(5)13-12-26(39(3,4)24(40)11-14-42(25,41)7)55-36-33(30(48)29(47)32(56-36)34(50)53-8)57-35-31(49)28(46)27(45)23(20-44)54-35/h9,22-33,35-36,44-49H,10-20H2,1-8H3,(H,51,52)/t22-,23+,24-,25+,26-,27-,28-,29-,30-,31+,32-,33+,35-,36+,40-,41+,42+,43-/m0/s1. The lowest BCUT2D eigenvalue weighted by molar-refractivity contribution is -0.374. The molecule has 324 valence electrons. The number of methoxy groups -OCH3 is 1. The van der Waals surface area contributed by atoms with Crippen LogP contribution in [0.1, 0.15) is 113 Å². The first-order valence-electron chi connectivity index (χ1n) is 21.2. The molecule has 57 heavy (non-hydrogen) atoms. The van der Waals surface area contributed by atoms with Gasteiger partial charge < -0.3 is 59.4 Å². The van der Waals surface area contributed by atoms with Gasteiger partial charge in [-0.3, -0.25) is 4.79 Å². The van der Waals surface area contributed by atoms with Crippen molar-refractivity contribution in [3.05, 3.63) is 11.6 Å².